The molecule has 0 aromatic heterocycles. The number of rotatable bonds is 10. The fraction of sp³-hybridized carbons (Fsp3) is 0.941. The molecule has 1 aliphatic rings. The van der Waals surface area contributed by atoms with Crippen molar-refractivity contribution in [3.8, 4) is 0 Å². The molecule has 1 rings (SSSR count). The summed E-state index contributed by atoms with van der Waals surface area (Å²) in [7, 11) is 3.94. The molecule has 1 saturated carbocycles. The van der Waals surface area contributed by atoms with Gasteiger partial charge in [0.25, 0.3) is 0 Å². The van der Waals surface area contributed by atoms with E-state index >= 15 is 0 Å². The van der Waals surface area contributed by atoms with Crippen LogP contribution >= 0.6 is 24.0 Å². The van der Waals surface area contributed by atoms with E-state index in [-0.39, 0.29) is 24.0 Å². The van der Waals surface area contributed by atoms with Crippen LogP contribution in [0.3, 0.4) is 0 Å². The van der Waals surface area contributed by atoms with Gasteiger partial charge in [-0.25, -0.2) is 0 Å². The molecule has 0 saturated heterocycles. The molecule has 2 N–H and O–H groups in total. The van der Waals surface area contributed by atoms with Gasteiger partial charge in [-0.1, -0.05) is 19.8 Å². The molecular weight excluding hydrogens is 403 g/mol. The number of halogens is 1. The molecule has 0 unspecified atom stereocenters. The molecule has 0 atom stereocenters. The first-order valence-corrected chi connectivity index (χ1v) is 8.85. The third-order valence-electron chi connectivity index (χ3n) is 4.74. The Hall–Kier alpha value is -0.0800. The molecule has 0 aromatic carbocycles. The van der Waals surface area contributed by atoms with E-state index < -0.39 is 0 Å². The first kappa shape index (κ1) is 22.9. The number of methoxy groups -OCH3 is 1. The van der Waals surface area contributed by atoms with Crippen molar-refractivity contribution in [2.75, 3.05) is 53.5 Å². The second kappa shape index (κ2) is 13.2. The number of nitrogens with one attached hydrogen (secondary N) is 2. The monoisotopic (exact) mass is 440 g/mol. The topological polar surface area (TPSA) is 48.9 Å². The predicted molar refractivity (Wildman–Crippen MR) is 110 cm³/mol. The van der Waals surface area contributed by atoms with Crippen LogP contribution in [0.4, 0.5) is 0 Å². The number of guanidine groups is 1. The summed E-state index contributed by atoms with van der Waals surface area (Å²) in [6.07, 6.45) is 6.38. The van der Waals surface area contributed by atoms with E-state index in [4.69, 9.17) is 9.73 Å². The minimum Gasteiger partial charge on any atom is -0.385 e. The minimum atomic E-state index is 0. The van der Waals surface area contributed by atoms with Crippen LogP contribution in [0.5, 0.6) is 0 Å². The number of nitrogens with zero attached hydrogens (tertiary/aromatic N) is 2. The van der Waals surface area contributed by atoms with Gasteiger partial charge in [-0.05, 0) is 45.2 Å². The highest BCUT2D eigenvalue weighted by Crippen LogP contribution is 2.41. The lowest BCUT2D eigenvalue weighted by atomic mass is 9.83. The van der Waals surface area contributed by atoms with Crippen molar-refractivity contribution in [3.63, 3.8) is 0 Å². The molecule has 0 aromatic rings. The van der Waals surface area contributed by atoms with Crippen molar-refractivity contribution in [2.45, 2.75) is 46.0 Å². The van der Waals surface area contributed by atoms with Gasteiger partial charge in [-0.2, -0.15) is 0 Å². The Morgan fingerprint density at radius 1 is 1.22 bits per heavy atom. The highest BCUT2D eigenvalue weighted by Gasteiger charge is 2.33. The summed E-state index contributed by atoms with van der Waals surface area (Å²) >= 11 is 0. The van der Waals surface area contributed by atoms with Gasteiger partial charge in [0, 0.05) is 39.9 Å². The molecule has 0 bridgehead atoms. The van der Waals surface area contributed by atoms with Gasteiger partial charge in [-0.15, -0.1) is 24.0 Å². The van der Waals surface area contributed by atoms with Crippen molar-refractivity contribution >= 4 is 29.9 Å². The molecule has 0 radical (unpaired) electrons. The largest absolute Gasteiger partial charge is 0.385 e. The molecule has 1 aliphatic carbocycles. The van der Waals surface area contributed by atoms with Gasteiger partial charge >= 0.3 is 0 Å². The second-order valence-electron chi connectivity index (χ2n) is 6.47. The van der Waals surface area contributed by atoms with Crippen LogP contribution in [0.2, 0.25) is 0 Å². The zero-order valence-corrected chi connectivity index (χ0v) is 17.8. The fourth-order valence-corrected chi connectivity index (χ4v) is 3.04. The zero-order chi connectivity index (χ0) is 16.3. The standard InChI is InChI=1S/C17H36N4O.HI/c1-5-18-16(19-12-13-21(3)6-2)20-15-17(11-14-22-4)9-7-8-10-17;/h5-15H2,1-4H3,(H2,18,19,20);1H. The Labute approximate surface area is 160 Å². The highest BCUT2D eigenvalue weighted by molar-refractivity contribution is 14.0. The predicted octanol–water partition coefficient (Wildman–Crippen LogP) is 2.71. The van der Waals surface area contributed by atoms with Crippen LogP contribution in [-0.2, 0) is 4.74 Å². The number of hydrogen-bond donors (Lipinski definition) is 2. The average Bonchev–Trinajstić information content (AvgIpc) is 2.99. The van der Waals surface area contributed by atoms with E-state index in [0.29, 0.717) is 5.41 Å². The van der Waals surface area contributed by atoms with E-state index in [1.165, 1.54) is 25.7 Å². The van der Waals surface area contributed by atoms with Crippen LogP contribution in [0.25, 0.3) is 0 Å². The van der Waals surface area contributed by atoms with Gasteiger partial charge < -0.3 is 20.3 Å². The molecule has 5 nitrogen and oxygen atoms in total. The Balaban J connectivity index is 0.00000484. The van der Waals surface area contributed by atoms with Crippen molar-refractivity contribution in [2.24, 2.45) is 10.4 Å². The van der Waals surface area contributed by atoms with Crippen molar-refractivity contribution < 1.29 is 4.74 Å². The SMILES string of the molecule is CCNC(=NCC1(CCOC)CCCC1)NCCN(C)CC.I. The maximum Gasteiger partial charge on any atom is 0.191 e. The van der Waals surface area contributed by atoms with Crippen LogP contribution < -0.4 is 10.6 Å². The Kier molecular flexibility index (Phi) is 13.2. The van der Waals surface area contributed by atoms with Gasteiger partial charge in [0.2, 0.25) is 0 Å². The molecule has 6 heteroatoms. The molecule has 0 spiro atoms. The van der Waals surface area contributed by atoms with Crippen LogP contribution in [0, 0.1) is 5.41 Å². The van der Waals surface area contributed by atoms with Gasteiger partial charge in [0.1, 0.15) is 0 Å². The Morgan fingerprint density at radius 3 is 2.48 bits per heavy atom. The van der Waals surface area contributed by atoms with E-state index in [9.17, 15) is 0 Å². The molecule has 0 heterocycles. The van der Waals surface area contributed by atoms with Crippen molar-refractivity contribution in [1.29, 1.82) is 0 Å². The molecule has 23 heavy (non-hydrogen) atoms. The first-order valence-electron chi connectivity index (χ1n) is 8.85. The van der Waals surface area contributed by atoms with Crippen molar-refractivity contribution in [1.82, 2.24) is 15.5 Å². The smallest absolute Gasteiger partial charge is 0.191 e. The minimum absolute atomic E-state index is 0. The van der Waals surface area contributed by atoms with Gasteiger partial charge in [-0.3, -0.25) is 4.99 Å². The maximum atomic E-state index is 5.30. The lowest BCUT2D eigenvalue weighted by Crippen LogP contribution is -2.41. The van der Waals surface area contributed by atoms with Crippen LogP contribution in [0.1, 0.15) is 46.0 Å². The average molecular weight is 440 g/mol. The normalized spacial score (nSPS) is 17.2. The van der Waals surface area contributed by atoms with E-state index in [2.05, 4.69) is 36.4 Å². The summed E-state index contributed by atoms with van der Waals surface area (Å²) in [5.41, 5.74) is 0.360. The second-order valence-corrected chi connectivity index (χ2v) is 6.47. The lowest BCUT2D eigenvalue weighted by molar-refractivity contribution is 0.141. The Bertz CT molecular complexity index is 320. The molecule has 1 fully saturated rings. The van der Waals surface area contributed by atoms with Gasteiger partial charge in [0.05, 0.1) is 0 Å². The quantitative estimate of drug-likeness (QED) is 0.312. The summed E-state index contributed by atoms with van der Waals surface area (Å²) in [5.74, 6) is 0.954. The zero-order valence-electron chi connectivity index (χ0n) is 15.5. The van der Waals surface area contributed by atoms with E-state index in [0.717, 1.165) is 51.7 Å². The Morgan fingerprint density at radius 2 is 1.91 bits per heavy atom. The van der Waals surface area contributed by atoms with Crippen molar-refractivity contribution in [3.05, 3.63) is 0 Å². The maximum absolute atomic E-state index is 5.30. The summed E-state index contributed by atoms with van der Waals surface area (Å²) in [6.45, 7) is 10.0. The molecule has 138 valence electrons. The fourth-order valence-electron chi connectivity index (χ4n) is 3.04. The third kappa shape index (κ3) is 9.10. The van der Waals surface area contributed by atoms with Crippen LogP contribution in [-0.4, -0.2) is 64.3 Å². The van der Waals surface area contributed by atoms with Gasteiger partial charge in [0.15, 0.2) is 5.96 Å². The highest BCUT2D eigenvalue weighted by atomic mass is 127. The number of aliphatic imine (C=N–C) groups is 1. The first-order chi connectivity index (χ1) is 10.7. The molecule has 0 amide bonds. The summed E-state index contributed by atoms with van der Waals surface area (Å²) < 4.78 is 5.30. The number of likely N-dealkylation sites (N-methyl/N-ethyl adjacent to an activating group) is 1. The van der Waals surface area contributed by atoms with E-state index in [1.807, 2.05) is 0 Å². The molecular formula is C17H37IN4O. The third-order valence-corrected chi connectivity index (χ3v) is 4.74. The van der Waals surface area contributed by atoms with E-state index in [1.54, 1.807) is 7.11 Å². The number of hydrogen-bond acceptors (Lipinski definition) is 3. The molecule has 0 aliphatic heterocycles. The summed E-state index contributed by atoms with van der Waals surface area (Å²) in [5, 5.41) is 6.81. The van der Waals surface area contributed by atoms with Crippen LogP contribution in [0.15, 0.2) is 4.99 Å². The number of ether oxygens (including phenoxy) is 1. The summed E-state index contributed by atoms with van der Waals surface area (Å²) in [4.78, 5) is 7.16. The summed E-state index contributed by atoms with van der Waals surface area (Å²) in [6, 6.07) is 0. The lowest BCUT2D eigenvalue weighted by Gasteiger charge is -2.27.